The number of benzene rings is 1. The molecular formula is C15H23N3O4S. The van der Waals surface area contributed by atoms with Crippen LogP contribution in [0.25, 0.3) is 0 Å². The van der Waals surface area contributed by atoms with Crippen molar-refractivity contribution in [1.29, 1.82) is 0 Å². The van der Waals surface area contributed by atoms with Gasteiger partial charge < -0.3 is 15.0 Å². The van der Waals surface area contributed by atoms with Crippen molar-refractivity contribution in [3.63, 3.8) is 0 Å². The van der Waals surface area contributed by atoms with E-state index in [-0.39, 0.29) is 22.6 Å². The number of nitrogens with one attached hydrogen (secondary N) is 1. The van der Waals surface area contributed by atoms with Crippen molar-refractivity contribution >= 4 is 15.9 Å². The van der Waals surface area contributed by atoms with Crippen LogP contribution in [-0.2, 0) is 10.0 Å². The van der Waals surface area contributed by atoms with Gasteiger partial charge in [0.15, 0.2) is 0 Å². The van der Waals surface area contributed by atoms with Crippen LogP contribution in [0.2, 0.25) is 0 Å². The van der Waals surface area contributed by atoms with Gasteiger partial charge in [0.2, 0.25) is 10.0 Å². The van der Waals surface area contributed by atoms with Gasteiger partial charge in [0.1, 0.15) is 10.6 Å². The number of hydrogen-bond acceptors (Lipinski definition) is 5. The molecule has 1 heterocycles. The molecule has 1 saturated heterocycles. The van der Waals surface area contributed by atoms with E-state index in [1.807, 2.05) is 6.92 Å². The second-order valence-corrected chi connectivity index (χ2v) is 7.88. The van der Waals surface area contributed by atoms with E-state index in [1.165, 1.54) is 33.3 Å². The number of rotatable bonds is 4. The average molecular weight is 341 g/mol. The molecule has 0 spiro atoms. The molecule has 1 amide bonds. The van der Waals surface area contributed by atoms with E-state index in [1.54, 1.807) is 11.0 Å². The molecule has 1 aromatic rings. The van der Waals surface area contributed by atoms with Crippen LogP contribution in [0.3, 0.4) is 0 Å². The van der Waals surface area contributed by atoms with Crippen molar-refractivity contribution in [2.75, 3.05) is 40.8 Å². The molecule has 7 nitrogen and oxygen atoms in total. The first-order valence-electron chi connectivity index (χ1n) is 7.40. The zero-order valence-electron chi connectivity index (χ0n) is 13.9. The first-order chi connectivity index (χ1) is 10.8. The Balaban J connectivity index is 2.39. The van der Waals surface area contributed by atoms with E-state index in [9.17, 15) is 13.2 Å². The largest absolute Gasteiger partial charge is 0.495 e. The fraction of sp³-hybridized carbons (Fsp3) is 0.533. The monoisotopic (exact) mass is 341 g/mol. The lowest BCUT2D eigenvalue weighted by atomic mass is 10.1. The summed E-state index contributed by atoms with van der Waals surface area (Å²) in [6, 6.07) is 4.73. The van der Waals surface area contributed by atoms with Crippen molar-refractivity contribution in [2.45, 2.75) is 17.9 Å². The number of methoxy groups -OCH3 is 1. The van der Waals surface area contributed by atoms with Gasteiger partial charge in [-0.1, -0.05) is 0 Å². The molecule has 1 atom stereocenters. The zero-order chi connectivity index (χ0) is 17.2. The molecule has 0 aromatic heterocycles. The lowest BCUT2D eigenvalue weighted by Crippen LogP contribution is -2.51. The standard InChI is InChI=1S/C15H23N3O4S/c1-11-10-18(8-7-16-11)15(19)12-5-6-13(22-4)14(9-12)23(20,21)17(2)3/h5-6,9,11,16H,7-8,10H2,1-4H3. The minimum absolute atomic E-state index is 0.000895. The summed E-state index contributed by atoms with van der Waals surface area (Å²) in [5.41, 5.74) is 0.348. The molecule has 1 N–H and O–H groups in total. The van der Waals surface area contributed by atoms with Gasteiger partial charge in [-0.15, -0.1) is 0 Å². The van der Waals surface area contributed by atoms with Gasteiger partial charge in [-0.05, 0) is 25.1 Å². The molecule has 2 rings (SSSR count). The van der Waals surface area contributed by atoms with E-state index >= 15 is 0 Å². The van der Waals surface area contributed by atoms with Crippen LogP contribution in [-0.4, -0.2) is 70.4 Å². The molecule has 0 saturated carbocycles. The number of piperazine rings is 1. The summed E-state index contributed by atoms with van der Waals surface area (Å²) >= 11 is 0. The van der Waals surface area contributed by atoms with Crippen molar-refractivity contribution in [3.8, 4) is 5.75 Å². The zero-order valence-corrected chi connectivity index (χ0v) is 14.7. The van der Waals surface area contributed by atoms with Gasteiger partial charge in [-0.3, -0.25) is 4.79 Å². The third-order valence-electron chi connectivity index (χ3n) is 3.83. The Bertz CT molecular complexity index is 688. The van der Waals surface area contributed by atoms with Crippen LogP contribution < -0.4 is 10.1 Å². The van der Waals surface area contributed by atoms with Gasteiger partial charge in [0.25, 0.3) is 5.91 Å². The second-order valence-electron chi connectivity index (χ2n) is 5.76. The SMILES string of the molecule is COc1ccc(C(=O)N2CCNC(C)C2)cc1S(=O)(=O)N(C)C. The van der Waals surface area contributed by atoms with Crippen LogP contribution in [0.1, 0.15) is 17.3 Å². The minimum atomic E-state index is -3.69. The Hall–Kier alpha value is -1.64. The molecule has 8 heteroatoms. The van der Waals surface area contributed by atoms with Gasteiger partial charge >= 0.3 is 0 Å². The molecule has 1 aliphatic heterocycles. The van der Waals surface area contributed by atoms with Crippen LogP contribution in [0.15, 0.2) is 23.1 Å². The number of nitrogens with zero attached hydrogens (tertiary/aromatic N) is 2. The second kappa shape index (κ2) is 6.86. The molecule has 1 aliphatic rings. The maximum absolute atomic E-state index is 12.6. The van der Waals surface area contributed by atoms with Crippen LogP contribution in [0.5, 0.6) is 5.75 Å². The molecule has 1 fully saturated rings. The summed E-state index contributed by atoms with van der Waals surface area (Å²) in [5.74, 6) is 0.0557. The van der Waals surface area contributed by atoms with E-state index in [0.717, 1.165) is 10.8 Å². The third-order valence-corrected chi connectivity index (χ3v) is 5.66. The van der Waals surface area contributed by atoms with Gasteiger partial charge in [-0.2, -0.15) is 0 Å². The van der Waals surface area contributed by atoms with Crippen LogP contribution in [0, 0.1) is 0 Å². The molecule has 0 bridgehead atoms. The van der Waals surface area contributed by atoms with E-state index in [4.69, 9.17) is 4.74 Å². The van der Waals surface area contributed by atoms with E-state index in [0.29, 0.717) is 18.7 Å². The summed E-state index contributed by atoms with van der Waals surface area (Å²) < 4.78 is 31.1. The summed E-state index contributed by atoms with van der Waals surface area (Å²) in [7, 11) is 0.606. The lowest BCUT2D eigenvalue weighted by Gasteiger charge is -2.32. The molecule has 128 valence electrons. The maximum atomic E-state index is 12.6. The minimum Gasteiger partial charge on any atom is -0.495 e. The molecule has 1 unspecified atom stereocenters. The quantitative estimate of drug-likeness (QED) is 0.856. The highest BCUT2D eigenvalue weighted by molar-refractivity contribution is 7.89. The number of sulfonamides is 1. The lowest BCUT2D eigenvalue weighted by molar-refractivity contribution is 0.0709. The van der Waals surface area contributed by atoms with E-state index < -0.39 is 10.0 Å². The Kier molecular flexibility index (Phi) is 5.28. The van der Waals surface area contributed by atoms with Gasteiger partial charge in [0, 0.05) is 45.3 Å². The van der Waals surface area contributed by atoms with Crippen LogP contribution >= 0.6 is 0 Å². The van der Waals surface area contributed by atoms with Crippen molar-refractivity contribution in [1.82, 2.24) is 14.5 Å². The fourth-order valence-corrected chi connectivity index (χ4v) is 3.58. The highest BCUT2D eigenvalue weighted by Crippen LogP contribution is 2.27. The number of hydrogen-bond donors (Lipinski definition) is 1. The predicted molar refractivity (Wildman–Crippen MR) is 87.2 cm³/mol. The maximum Gasteiger partial charge on any atom is 0.253 e. The molecule has 1 aromatic carbocycles. The highest BCUT2D eigenvalue weighted by atomic mass is 32.2. The normalized spacial score (nSPS) is 19.0. The number of carbonyl (C=O) groups excluding carboxylic acids is 1. The van der Waals surface area contributed by atoms with Crippen molar-refractivity contribution in [2.24, 2.45) is 0 Å². The van der Waals surface area contributed by atoms with Gasteiger partial charge in [-0.25, -0.2) is 12.7 Å². The first-order valence-corrected chi connectivity index (χ1v) is 8.84. The molecule has 23 heavy (non-hydrogen) atoms. The summed E-state index contributed by atoms with van der Waals surface area (Å²) in [6.45, 7) is 3.94. The Labute approximate surface area is 137 Å². The Morgan fingerprint density at radius 2 is 2.09 bits per heavy atom. The van der Waals surface area contributed by atoms with Crippen molar-refractivity contribution in [3.05, 3.63) is 23.8 Å². The van der Waals surface area contributed by atoms with Crippen LogP contribution in [0.4, 0.5) is 0 Å². The van der Waals surface area contributed by atoms with Gasteiger partial charge in [0.05, 0.1) is 7.11 Å². The predicted octanol–water partition coefficient (Wildman–Crippen LogP) is 0.379. The number of amides is 1. The third kappa shape index (κ3) is 3.65. The highest BCUT2D eigenvalue weighted by Gasteiger charge is 2.26. The van der Waals surface area contributed by atoms with Crippen molar-refractivity contribution < 1.29 is 17.9 Å². The summed E-state index contributed by atoms with van der Waals surface area (Å²) in [4.78, 5) is 14.4. The number of carbonyl (C=O) groups is 1. The summed E-state index contributed by atoms with van der Waals surface area (Å²) in [5, 5.41) is 3.27. The smallest absolute Gasteiger partial charge is 0.253 e. The van der Waals surface area contributed by atoms with E-state index in [2.05, 4.69) is 5.32 Å². The average Bonchev–Trinajstić information content (AvgIpc) is 2.53. The topological polar surface area (TPSA) is 79.0 Å². The first kappa shape index (κ1) is 17.7. The Morgan fingerprint density at radius 1 is 1.39 bits per heavy atom. The Morgan fingerprint density at radius 3 is 2.65 bits per heavy atom. The molecular weight excluding hydrogens is 318 g/mol. The molecule has 0 radical (unpaired) electrons. The molecule has 0 aliphatic carbocycles. The fourth-order valence-electron chi connectivity index (χ4n) is 2.51. The number of ether oxygens (including phenoxy) is 1. The summed E-state index contributed by atoms with van der Waals surface area (Å²) in [6.07, 6.45) is 0.